The highest BCUT2D eigenvalue weighted by atomic mass is 16.1. The van der Waals surface area contributed by atoms with Crippen LogP contribution in [0.4, 0.5) is 5.69 Å². The predicted octanol–water partition coefficient (Wildman–Crippen LogP) is 2.08. The Morgan fingerprint density at radius 1 is 1.53 bits per heavy atom. The molecule has 0 aliphatic heterocycles. The van der Waals surface area contributed by atoms with E-state index in [1.165, 1.54) is 6.92 Å². The van der Waals surface area contributed by atoms with Gasteiger partial charge in [0, 0.05) is 23.7 Å². The molecule has 1 aromatic carbocycles. The van der Waals surface area contributed by atoms with Crippen molar-refractivity contribution in [2.24, 2.45) is 0 Å². The largest absolute Gasteiger partial charge is 0.326 e. The van der Waals surface area contributed by atoms with Gasteiger partial charge in [0.1, 0.15) is 0 Å². The minimum Gasteiger partial charge on any atom is -0.326 e. The van der Waals surface area contributed by atoms with Crippen LogP contribution >= 0.6 is 0 Å². The zero-order chi connectivity index (χ0) is 10.8. The minimum absolute atomic E-state index is 0.0594. The zero-order valence-corrected chi connectivity index (χ0v) is 8.79. The van der Waals surface area contributed by atoms with Crippen molar-refractivity contribution in [3.8, 4) is 0 Å². The number of benzene rings is 1. The fraction of sp³-hybridized carbons (Fsp3) is 0.273. The summed E-state index contributed by atoms with van der Waals surface area (Å²) in [6.45, 7) is 3.57. The first-order valence-electron chi connectivity index (χ1n) is 4.95. The molecule has 4 nitrogen and oxygen atoms in total. The van der Waals surface area contributed by atoms with Crippen molar-refractivity contribution in [3.63, 3.8) is 0 Å². The van der Waals surface area contributed by atoms with Gasteiger partial charge in [-0.25, -0.2) is 0 Å². The molecule has 2 rings (SSSR count). The summed E-state index contributed by atoms with van der Waals surface area (Å²) < 4.78 is 0. The molecule has 0 fully saturated rings. The number of H-pyrrole nitrogens is 1. The van der Waals surface area contributed by atoms with E-state index in [-0.39, 0.29) is 5.91 Å². The van der Waals surface area contributed by atoms with Crippen molar-refractivity contribution in [2.75, 3.05) is 5.32 Å². The van der Waals surface area contributed by atoms with Crippen LogP contribution in [0.15, 0.2) is 18.2 Å². The first-order chi connectivity index (χ1) is 7.20. The van der Waals surface area contributed by atoms with Gasteiger partial charge in [-0.05, 0) is 24.6 Å². The summed E-state index contributed by atoms with van der Waals surface area (Å²) >= 11 is 0. The van der Waals surface area contributed by atoms with E-state index in [2.05, 4.69) is 22.4 Å². The van der Waals surface area contributed by atoms with Crippen LogP contribution in [0.2, 0.25) is 0 Å². The third kappa shape index (κ3) is 1.83. The van der Waals surface area contributed by atoms with E-state index < -0.39 is 0 Å². The number of nitrogens with zero attached hydrogens (tertiary/aromatic N) is 1. The summed E-state index contributed by atoms with van der Waals surface area (Å²) in [6.07, 6.45) is 0.903. The number of hydrogen-bond donors (Lipinski definition) is 2. The number of amides is 1. The number of aromatic nitrogens is 2. The molecule has 0 saturated carbocycles. The number of fused-ring (bicyclic) bond motifs is 1. The number of nitrogens with one attached hydrogen (secondary N) is 2. The monoisotopic (exact) mass is 203 g/mol. The molecule has 0 saturated heterocycles. The Morgan fingerprint density at radius 2 is 2.33 bits per heavy atom. The number of aromatic amines is 1. The topological polar surface area (TPSA) is 57.8 Å². The molecule has 78 valence electrons. The van der Waals surface area contributed by atoms with Crippen molar-refractivity contribution in [1.82, 2.24) is 10.2 Å². The fourth-order valence-corrected chi connectivity index (χ4v) is 1.61. The molecule has 2 N–H and O–H groups in total. The van der Waals surface area contributed by atoms with Crippen LogP contribution in [0, 0.1) is 0 Å². The number of rotatable bonds is 2. The second-order valence-electron chi connectivity index (χ2n) is 3.47. The molecular formula is C11H13N3O. The maximum Gasteiger partial charge on any atom is 0.221 e. The van der Waals surface area contributed by atoms with E-state index in [4.69, 9.17) is 0 Å². The van der Waals surface area contributed by atoms with Crippen molar-refractivity contribution < 1.29 is 4.79 Å². The number of aryl methyl sites for hydroxylation is 1. The van der Waals surface area contributed by atoms with Gasteiger partial charge in [0.25, 0.3) is 0 Å². The Labute approximate surface area is 87.7 Å². The fourth-order valence-electron chi connectivity index (χ4n) is 1.61. The highest BCUT2D eigenvalue weighted by molar-refractivity contribution is 5.92. The van der Waals surface area contributed by atoms with Gasteiger partial charge in [0.15, 0.2) is 0 Å². The average molecular weight is 203 g/mol. The second kappa shape index (κ2) is 3.73. The Kier molecular flexibility index (Phi) is 2.41. The molecule has 0 atom stereocenters. The molecule has 1 heterocycles. The Morgan fingerprint density at radius 3 is 3.00 bits per heavy atom. The molecule has 4 heteroatoms. The smallest absolute Gasteiger partial charge is 0.221 e. The van der Waals surface area contributed by atoms with Gasteiger partial charge < -0.3 is 5.32 Å². The van der Waals surface area contributed by atoms with Gasteiger partial charge >= 0.3 is 0 Å². The second-order valence-corrected chi connectivity index (χ2v) is 3.47. The molecule has 0 aliphatic carbocycles. The highest BCUT2D eigenvalue weighted by Gasteiger charge is 2.04. The van der Waals surface area contributed by atoms with Crippen LogP contribution in [0.3, 0.4) is 0 Å². The van der Waals surface area contributed by atoms with Gasteiger partial charge in [0.2, 0.25) is 5.91 Å². The van der Waals surface area contributed by atoms with Gasteiger partial charge in [-0.2, -0.15) is 5.10 Å². The lowest BCUT2D eigenvalue weighted by Crippen LogP contribution is -2.05. The van der Waals surface area contributed by atoms with Crippen LogP contribution in [-0.4, -0.2) is 16.1 Å². The maximum atomic E-state index is 10.9. The summed E-state index contributed by atoms with van der Waals surface area (Å²) in [5, 5.41) is 11.0. The lowest BCUT2D eigenvalue weighted by molar-refractivity contribution is -0.114. The summed E-state index contributed by atoms with van der Waals surface area (Å²) in [5.41, 5.74) is 2.84. The lowest BCUT2D eigenvalue weighted by Gasteiger charge is -2.01. The van der Waals surface area contributed by atoms with Gasteiger partial charge in [-0.1, -0.05) is 6.92 Å². The number of carbonyl (C=O) groups is 1. The van der Waals surface area contributed by atoms with Crippen LogP contribution in [0.1, 0.15) is 19.5 Å². The number of hydrogen-bond acceptors (Lipinski definition) is 2. The quantitative estimate of drug-likeness (QED) is 0.785. The SMILES string of the molecule is CCc1[nH]nc2ccc(NC(C)=O)cc12. The Bertz CT molecular complexity index is 502. The van der Waals surface area contributed by atoms with E-state index >= 15 is 0 Å². The minimum atomic E-state index is -0.0594. The van der Waals surface area contributed by atoms with E-state index in [0.29, 0.717) is 0 Å². The van der Waals surface area contributed by atoms with E-state index in [1.54, 1.807) is 0 Å². The molecular weight excluding hydrogens is 190 g/mol. The van der Waals surface area contributed by atoms with E-state index in [9.17, 15) is 4.79 Å². The summed E-state index contributed by atoms with van der Waals surface area (Å²) in [7, 11) is 0. The molecule has 0 radical (unpaired) electrons. The maximum absolute atomic E-state index is 10.9. The molecule has 0 spiro atoms. The molecule has 0 unspecified atom stereocenters. The normalized spacial score (nSPS) is 10.5. The van der Waals surface area contributed by atoms with Crippen LogP contribution in [0.25, 0.3) is 10.9 Å². The highest BCUT2D eigenvalue weighted by Crippen LogP contribution is 2.20. The molecule has 0 aliphatic rings. The predicted molar refractivity (Wildman–Crippen MR) is 59.8 cm³/mol. The Balaban J connectivity index is 2.47. The summed E-state index contributed by atoms with van der Waals surface area (Å²) in [5.74, 6) is -0.0594. The molecule has 15 heavy (non-hydrogen) atoms. The van der Waals surface area contributed by atoms with Crippen LogP contribution in [-0.2, 0) is 11.2 Å². The van der Waals surface area contributed by atoms with E-state index in [0.717, 1.165) is 28.7 Å². The van der Waals surface area contributed by atoms with Crippen molar-refractivity contribution in [3.05, 3.63) is 23.9 Å². The number of anilines is 1. The first-order valence-corrected chi connectivity index (χ1v) is 4.95. The molecule has 2 aromatic rings. The lowest BCUT2D eigenvalue weighted by atomic mass is 10.1. The first kappa shape index (κ1) is 9.71. The van der Waals surface area contributed by atoms with Gasteiger partial charge in [-0.15, -0.1) is 0 Å². The van der Waals surface area contributed by atoms with Crippen LogP contribution < -0.4 is 5.32 Å². The Hall–Kier alpha value is -1.84. The average Bonchev–Trinajstić information content (AvgIpc) is 2.59. The molecule has 1 amide bonds. The summed E-state index contributed by atoms with van der Waals surface area (Å²) in [6, 6.07) is 5.69. The van der Waals surface area contributed by atoms with Crippen LogP contribution in [0.5, 0.6) is 0 Å². The third-order valence-electron chi connectivity index (χ3n) is 2.31. The molecule has 1 aromatic heterocycles. The summed E-state index contributed by atoms with van der Waals surface area (Å²) in [4.78, 5) is 10.9. The van der Waals surface area contributed by atoms with E-state index in [1.807, 2.05) is 18.2 Å². The van der Waals surface area contributed by atoms with Gasteiger partial charge in [0.05, 0.1) is 5.52 Å². The van der Waals surface area contributed by atoms with Crippen molar-refractivity contribution in [1.29, 1.82) is 0 Å². The van der Waals surface area contributed by atoms with Crippen molar-refractivity contribution >= 4 is 22.5 Å². The number of carbonyl (C=O) groups excluding carboxylic acids is 1. The van der Waals surface area contributed by atoms with Gasteiger partial charge in [-0.3, -0.25) is 9.89 Å². The standard InChI is InChI=1S/C11H13N3O/c1-3-10-9-6-8(12-7(2)15)4-5-11(9)14-13-10/h4-6H,3H2,1-2H3,(H,12,15)(H,13,14). The molecule has 0 bridgehead atoms. The third-order valence-corrected chi connectivity index (χ3v) is 2.31. The van der Waals surface area contributed by atoms with Crippen molar-refractivity contribution in [2.45, 2.75) is 20.3 Å². The zero-order valence-electron chi connectivity index (χ0n) is 8.79.